The third-order valence-electron chi connectivity index (χ3n) is 8.14. The molecular weight excluding hydrogens is 564 g/mol. The predicted octanol–water partition coefficient (Wildman–Crippen LogP) is 5.06. The fourth-order valence-electron chi connectivity index (χ4n) is 5.70. The molecule has 2 aliphatic carbocycles. The van der Waals surface area contributed by atoms with Crippen LogP contribution in [0, 0.1) is 0 Å². The molecule has 0 spiro atoms. The number of carbonyl (C=O) groups is 1. The van der Waals surface area contributed by atoms with Gasteiger partial charge < -0.3 is 20.7 Å². The molecule has 2 heterocycles. The van der Waals surface area contributed by atoms with E-state index >= 15 is 0 Å². The number of benzene rings is 2. The number of nitrogens with zero attached hydrogens (tertiary/aromatic N) is 6. The molecule has 0 radical (unpaired) electrons. The number of allylic oxidation sites excluding steroid dienone is 5. The topological polar surface area (TPSA) is 124 Å². The minimum absolute atomic E-state index is 0.0628. The maximum Gasteiger partial charge on any atom is 0.253 e. The van der Waals surface area contributed by atoms with Crippen molar-refractivity contribution >= 4 is 34.9 Å². The van der Waals surface area contributed by atoms with Gasteiger partial charge in [-0.2, -0.15) is 5.10 Å². The Morgan fingerprint density at radius 1 is 1.18 bits per heavy atom. The van der Waals surface area contributed by atoms with Gasteiger partial charge in [-0.15, -0.1) is 0 Å². The molecule has 0 atom stereocenters. The standard InChI is InChI=1S/C35H36N8O2/c1-37-20-27(19-36)22-8-10-24(11-9-22)33-31-30(41-43(33)3)15-13-26-21-38-35(40-32(26)31)39-29-14-12-25(18-28(29)23-6-5-7-23)34(44)42(2)16-17-45-4/h5-12,14,18-21H,13,15-17,36H2,1-4H3,(H,38,39,40)/b27-19+,37-20?. The fourth-order valence-corrected chi connectivity index (χ4v) is 5.70. The molecule has 1 amide bonds. The molecule has 10 nitrogen and oxygen atoms in total. The molecule has 45 heavy (non-hydrogen) atoms. The number of fused-ring (bicyclic) bond motifs is 3. The summed E-state index contributed by atoms with van der Waals surface area (Å²) in [5.74, 6) is 0.414. The molecule has 0 unspecified atom stereocenters. The van der Waals surface area contributed by atoms with Gasteiger partial charge in [-0.05, 0) is 47.7 Å². The number of ether oxygens (including phenoxy) is 1. The molecule has 228 valence electrons. The Hall–Kier alpha value is -5.35. The first-order chi connectivity index (χ1) is 21.9. The van der Waals surface area contributed by atoms with Crippen molar-refractivity contribution in [2.75, 3.05) is 39.7 Å². The van der Waals surface area contributed by atoms with Crippen molar-refractivity contribution in [1.29, 1.82) is 0 Å². The smallest absolute Gasteiger partial charge is 0.253 e. The Morgan fingerprint density at radius 2 is 1.96 bits per heavy atom. The van der Waals surface area contributed by atoms with Gasteiger partial charge in [0.1, 0.15) is 0 Å². The van der Waals surface area contributed by atoms with Crippen molar-refractivity contribution < 1.29 is 9.53 Å². The summed E-state index contributed by atoms with van der Waals surface area (Å²) in [4.78, 5) is 28.6. The van der Waals surface area contributed by atoms with Crippen LogP contribution in [0.2, 0.25) is 0 Å². The van der Waals surface area contributed by atoms with E-state index in [0.717, 1.165) is 74.6 Å². The number of likely N-dealkylation sites (N-methyl/N-ethyl adjacent to an activating group) is 1. The van der Waals surface area contributed by atoms with Crippen LogP contribution in [0.3, 0.4) is 0 Å². The number of carbonyl (C=O) groups excluding carboxylic acids is 1. The molecule has 2 aromatic carbocycles. The largest absolute Gasteiger partial charge is 0.404 e. The first-order valence-electron chi connectivity index (χ1n) is 14.8. The molecule has 0 bridgehead atoms. The summed E-state index contributed by atoms with van der Waals surface area (Å²) in [7, 11) is 7.10. The average molecular weight is 601 g/mol. The summed E-state index contributed by atoms with van der Waals surface area (Å²) in [5.41, 5.74) is 17.0. The number of aryl methyl sites for hydroxylation is 3. The monoisotopic (exact) mass is 600 g/mol. The van der Waals surface area contributed by atoms with E-state index in [2.05, 4.69) is 27.4 Å². The van der Waals surface area contributed by atoms with Gasteiger partial charge in [-0.1, -0.05) is 42.5 Å². The number of rotatable bonds is 10. The lowest BCUT2D eigenvalue weighted by Crippen LogP contribution is -2.30. The van der Waals surface area contributed by atoms with Crippen LogP contribution in [0.15, 0.2) is 78.1 Å². The Kier molecular flexibility index (Phi) is 8.39. The van der Waals surface area contributed by atoms with Gasteiger partial charge in [0, 0.05) is 86.9 Å². The number of aliphatic imine (C=N–C) groups is 1. The van der Waals surface area contributed by atoms with Crippen LogP contribution in [0.4, 0.5) is 11.6 Å². The molecule has 4 aromatic rings. The number of nitrogens with one attached hydrogen (secondary N) is 1. The van der Waals surface area contributed by atoms with Gasteiger partial charge in [-0.3, -0.25) is 14.5 Å². The highest BCUT2D eigenvalue weighted by atomic mass is 16.5. The maximum atomic E-state index is 13.1. The summed E-state index contributed by atoms with van der Waals surface area (Å²) in [6.07, 6.45) is 12.9. The van der Waals surface area contributed by atoms with Crippen LogP contribution in [-0.4, -0.2) is 71.1 Å². The molecule has 2 aliphatic rings. The van der Waals surface area contributed by atoms with Crippen LogP contribution in [0.1, 0.15) is 32.7 Å². The number of hydrogen-bond donors (Lipinski definition) is 2. The van der Waals surface area contributed by atoms with Gasteiger partial charge >= 0.3 is 0 Å². The zero-order valence-corrected chi connectivity index (χ0v) is 25.9. The lowest BCUT2D eigenvalue weighted by atomic mass is 9.91. The molecule has 0 saturated carbocycles. The number of nitrogens with two attached hydrogens (primary N) is 1. The van der Waals surface area contributed by atoms with E-state index in [1.165, 1.54) is 0 Å². The van der Waals surface area contributed by atoms with Crippen molar-refractivity contribution in [1.82, 2.24) is 24.6 Å². The van der Waals surface area contributed by atoms with Crippen LogP contribution in [0.5, 0.6) is 0 Å². The highest BCUT2D eigenvalue weighted by molar-refractivity contribution is 6.09. The Balaban J connectivity index is 1.34. The van der Waals surface area contributed by atoms with Crippen molar-refractivity contribution in [2.45, 2.75) is 12.8 Å². The zero-order chi connectivity index (χ0) is 31.5. The van der Waals surface area contributed by atoms with Crippen LogP contribution in [0.25, 0.3) is 33.7 Å². The van der Waals surface area contributed by atoms with Crippen molar-refractivity contribution in [3.05, 3.63) is 101 Å². The lowest BCUT2D eigenvalue weighted by molar-refractivity contribution is 0.0744. The van der Waals surface area contributed by atoms with Gasteiger partial charge in [-0.25, -0.2) is 9.97 Å². The van der Waals surface area contributed by atoms with E-state index in [0.29, 0.717) is 24.7 Å². The quantitative estimate of drug-likeness (QED) is 0.244. The minimum Gasteiger partial charge on any atom is -0.404 e. The van der Waals surface area contributed by atoms with Gasteiger partial charge in [0.25, 0.3) is 5.91 Å². The highest BCUT2D eigenvalue weighted by Crippen LogP contribution is 2.40. The van der Waals surface area contributed by atoms with Gasteiger partial charge in [0.2, 0.25) is 5.95 Å². The Bertz CT molecular complexity index is 1880. The maximum absolute atomic E-state index is 13.1. The van der Waals surface area contributed by atoms with Crippen LogP contribution >= 0.6 is 0 Å². The second kappa shape index (κ2) is 12.7. The molecule has 10 heteroatoms. The minimum atomic E-state index is -0.0628. The predicted molar refractivity (Wildman–Crippen MR) is 179 cm³/mol. The van der Waals surface area contributed by atoms with Crippen molar-refractivity contribution in [2.24, 2.45) is 17.8 Å². The average Bonchev–Trinajstić information content (AvgIpc) is 3.38. The van der Waals surface area contributed by atoms with Crippen molar-refractivity contribution in [3.63, 3.8) is 0 Å². The Labute approximate surface area is 262 Å². The summed E-state index contributed by atoms with van der Waals surface area (Å²) < 4.78 is 7.08. The summed E-state index contributed by atoms with van der Waals surface area (Å²) >= 11 is 0. The SMILES string of the molecule is CN=C/C(=C\N)c1ccc(-c2c3c(nn2C)CCc2cnc(Nc4ccc(C(=O)N(C)CCOC)cc4C4=CC=C4)nc2-3)cc1. The molecule has 3 N–H and O–H groups in total. The number of anilines is 2. The fraction of sp³-hybridized carbons (Fsp3) is 0.229. The second-order valence-corrected chi connectivity index (χ2v) is 11.0. The third-order valence-corrected chi connectivity index (χ3v) is 8.14. The number of hydrogen-bond acceptors (Lipinski definition) is 8. The van der Waals surface area contributed by atoms with E-state index in [1.54, 1.807) is 38.5 Å². The van der Waals surface area contributed by atoms with E-state index in [1.807, 2.05) is 66.5 Å². The number of aromatic nitrogens is 4. The summed E-state index contributed by atoms with van der Waals surface area (Å²) in [6, 6.07) is 13.9. The molecule has 0 aliphatic heterocycles. The first-order valence-corrected chi connectivity index (χ1v) is 14.8. The number of amides is 1. The molecule has 0 fully saturated rings. The third kappa shape index (κ3) is 5.80. The normalized spacial score (nSPS) is 13.7. The van der Waals surface area contributed by atoms with Crippen LogP contribution < -0.4 is 11.1 Å². The Morgan fingerprint density at radius 3 is 2.64 bits per heavy atom. The summed E-state index contributed by atoms with van der Waals surface area (Å²) in [6.45, 7) is 0.989. The molecule has 6 rings (SSSR count). The molecular formula is C35H36N8O2. The van der Waals surface area contributed by atoms with Gasteiger partial charge in [0.05, 0.1) is 23.7 Å². The van der Waals surface area contributed by atoms with Gasteiger partial charge in [0.15, 0.2) is 0 Å². The first kappa shape index (κ1) is 29.7. The van der Waals surface area contributed by atoms with Crippen molar-refractivity contribution in [3.8, 4) is 22.5 Å². The van der Waals surface area contributed by atoms with E-state index in [4.69, 9.17) is 20.6 Å². The molecule has 2 aromatic heterocycles. The lowest BCUT2D eigenvalue weighted by Gasteiger charge is -2.20. The zero-order valence-electron chi connectivity index (χ0n) is 25.9. The van der Waals surface area contributed by atoms with Crippen LogP contribution in [-0.2, 0) is 24.6 Å². The van der Waals surface area contributed by atoms with E-state index < -0.39 is 0 Å². The number of methoxy groups -OCH3 is 1. The highest BCUT2D eigenvalue weighted by Gasteiger charge is 2.27. The summed E-state index contributed by atoms with van der Waals surface area (Å²) in [5, 5.41) is 8.32. The molecule has 0 saturated heterocycles. The second-order valence-electron chi connectivity index (χ2n) is 11.0. The van der Waals surface area contributed by atoms with E-state index in [-0.39, 0.29) is 5.91 Å². The van der Waals surface area contributed by atoms with E-state index in [9.17, 15) is 4.79 Å².